The van der Waals surface area contributed by atoms with E-state index in [0.717, 1.165) is 57.8 Å². The second kappa shape index (κ2) is 21.3. The molecule has 11 heteroatoms. The summed E-state index contributed by atoms with van der Waals surface area (Å²) in [6.45, 7) is 7.03. The second-order valence-corrected chi connectivity index (χ2v) is 18.3. The number of hydrogen-bond acceptors (Lipinski definition) is 9. The van der Waals surface area contributed by atoms with E-state index in [4.69, 9.17) is 19.9 Å². The van der Waals surface area contributed by atoms with Crippen molar-refractivity contribution < 1.29 is 23.8 Å². The zero-order valence-electron chi connectivity index (χ0n) is 35.6. The van der Waals surface area contributed by atoms with Crippen LogP contribution in [-0.2, 0) is 19.0 Å². The van der Waals surface area contributed by atoms with E-state index in [1.165, 1.54) is 86.8 Å². The molecular weight excluding hydrogens is 741 g/mol. The summed E-state index contributed by atoms with van der Waals surface area (Å²) in [4.78, 5) is 32.2. The van der Waals surface area contributed by atoms with Crippen molar-refractivity contribution in [3.05, 3.63) is 70.8 Å². The molecule has 4 fully saturated rings. The van der Waals surface area contributed by atoms with E-state index in [1.54, 1.807) is 11.1 Å². The number of amides is 3. The van der Waals surface area contributed by atoms with Crippen molar-refractivity contribution >= 4 is 11.9 Å². The number of nitrogens with zero attached hydrogens (tertiary/aromatic N) is 3. The van der Waals surface area contributed by atoms with Gasteiger partial charge in [0.05, 0.1) is 39.5 Å². The van der Waals surface area contributed by atoms with Crippen LogP contribution in [0.2, 0.25) is 0 Å². The largest absolute Gasteiger partial charge is 0.379 e. The standard InChI is InChI=1S/C48H72N6O5/c49-48(56)54(38-16-12-36(13-17-38)23-27-53-45-20-21-46(53)42-9-4-3-8-41(42)45)47(55)24-29-58-31-33-59-32-30-57-28-5-25-50-34-51-37-14-10-35(11-15-37)22-26-52-43-18-19-44(52)40-7-2-1-6-39(40)43/h1-4,6-9,35-38,43-46,50-51H,5,10-34H2,(H2,49,56)/t35?,36?,37?,38?,43-,44+,45-,46+. The van der Waals surface area contributed by atoms with E-state index in [9.17, 15) is 9.59 Å². The van der Waals surface area contributed by atoms with Crippen LogP contribution in [0.5, 0.6) is 0 Å². The van der Waals surface area contributed by atoms with Gasteiger partial charge in [-0.15, -0.1) is 0 Å². The normalized spacial score (nSPS) is 28.5. The Morgan fingerprint density at radius 3 is 1.56 bits per heavy atom. The smallest absolute Gasteiger partial charge is 0.321 e. The van der Waals surface area contributed by atoms with E-state index in [-0.39, 0.29) is 25.0 Å². The molecule has 11 nitrogen and oxygen atoms in total. The second-order valence-electron chi connectivity index (χ2n) is 18.3. The minimum absolute atomic E-state index is 0.112. The summed E-state index contributed by atoms with van der Waals surface area (Å²) in [5.74, 6) is 1.26. The lowest BCUT2D eigenvalue weighted by molar-refractivity contribution is -0.131. The first kappa shape index (κ1) is 42.8. The van der Waals surface area contributed by atoms with Crippen LogP contribution in [0.1, 0.15) is 149 Å². The average molecular weight is 813 g/mol. The molecule has 2 saturated carbocycles. The van der Waals surface area contributed by atoms with Crippen LogP contribution in [0.15, 0.2) is 48.5 Å². The fourth-order valence-corrected chi connectivity index (χ4v) is 11.9. The highest BCUT2D eigenvalue weighted by atomic mass is 16.5. The number of primary amides is 1. The molecule has 2 aliphatic carbocycles. The van der Waals surface area contributed by atoms with E-state index < -0.39 is 6.03 Å². The van der Waals surface area contributed by atoms with Crippen molar-refractivity contribution in [2.75, 3.05) is 65.9 Å². The molecule has 59 heavy (non-hydrogen) atoms. The molecule has 2 saturated heterocycles. The molecule has 2 aromatic rings. The van der Waals surface area contributed by atoms with Crippen LogP contribution in [0.4, 0.5) is 4.79 Å². The van der Waals surface area contributed by atoms with E-state index >= 15 is 0 Å². The summed E-state index contributed by atoms with van der Waals surface area (Å²) in [5.41, 5.74) is 12.0. The van der Waals surface area contributed by atoms with Gasteiger partial charge >= 0.3 is 6.03 Å². The Hall–Kier alpha value is -2.90. The number of nitrogens with one attached hydrogen (secondary N) is 2. The number of benzene rings is 2. The summed E-state index contributed by atoms with van der Waals surface area (Å²) in [5, 5.41) is 7.25. The number of carbonyl (C=O) groups excluding carboxylic acids is 2. The Bertz CT molecular complexity index is 1580. The average Bonchev–Trinajstić information content (AvgIpc) is 4.03. The van der Waals surface area contributed by atoms with Gasteiger partial charge in [-0.1, -0.05) is 48.5 Å². The maximum atomic E-state index is 13.0. The van der Waals surface area contributed by atoms with Gasteiger partial charge in [-0.3, -0.25) is 19.5 Å². The minimum atomic E-state index is -0.643. The third kappa shape index (κ3) is 10.6. The third-order valence-electron chi connectivity index (χ3n) is 14.9. The minimum Gasteiger partial charge on any atom is -0.379 e. The number of nitrogens with two attached hydrogens (primary N) is 1. The first-order chi connectivity index (χ1) is 29.0. The van der Waals surface area contributed by atoms with Gasteiger partial charge in [0.25, 0.3) is 0 Å². The van der Waals surface area contributed by atoms with Crippen molar-refractivity contribution in [1.29, 1.82) is 0 Å². The predicted octanol–water partition coefficient (Wildman–Crippen LogP) is 7.54. The van der Waals surface area contributed by atoms with Gasteiger partial charge in [-0.2, -0.15) is 0 Å². The maximum absolute atomic E-state index is 13.0. The van der Waals surface area contributed by atoms with Crippen LogP contribution in [-0.4, -0.2) is 105 Å². The lowest BCUT2D eigenvalue weighted by Crippen LogP contribution is -2.49. The summed E-state index contributed by atoms with van der Waals surface area (Å²) in [6, 6.07) is 20.5. The molecule has 8 rings (SSSR count). The Morgan fingerprint density at radius 2 is 1.07 bits per heavy atom. The van der Waals surface area contributed by atoms with Gasteiger partial charge in [0.2, 0.25) is 5.91 Å². The molecule has 0 spiro atoms. The van der Waals surface area contributed by atoms with Gasteiger partial charge in [0, 0.05) is 49.5 Å². The van der Waals surface area contributed by atoms with Crippen LogP contribution in [0.25, 0.3) is 0 Å². The summed E-state index contributed by atoms with van der Waals surface area (Å²) in [6.07, 6.45) is 17.8. The van der Waals surface area contributed by atoms with E-state index in [2.05, 4.69) is 69.0 Å². The van der Waals surface area contributed by atoms with Crippen molar-refractivity contribution in [3.63, 3.8) is 0 Å². The number of carbonyl (C=O) groups is 2. The molecule has 3 amide bonds. The highest BCUT2D eigenvalue weighted by Crippen LogP contribution is 2.54. The Kier molecular flexibility index (Phi) is 15.4. The van der Waals surface area contributed by atoms with Gasteiger partial charge in [0.1, 0.15) is 0 Å². The van der Waals surface area contributed by atoms with Crippen molar-refractivity contribution in [2.45, 2.75) is 139 Å². The first-order valence-corrected chi connectivity index (χ1v) is 23.5. The van der Waals surface area contributed by atoms with Crippen molar-refractivity contribution in [1.82, 2.24) is 25.3 Å². The predicted molar refractivity (Wildman–Crippen MR) is 231 cm³/mol. The number of fused-ring (bicyclic) bond motifs is 10. The molecule has 4 N–H and O–H groups in total. The molecule has 4 atom stereocenters. The van der Waals surface area contributed by atoms with Crippen LogP contribution < -0.4 is 16.4 Å². The third-order valence-corrected chi connectivity index (χ3v) is 14.9. The molecular formula is C48H72N6O5. The van der Waals surface area contributed by atoms with Crippen LogP contribution in [0.3, 0.4) is 0 Å². The van der Waals surface area contributed by atoms with Crippen LogP contribution >= 0.6 is 0 Å². The van der Waals surface area contributed by atoms with Gasteiger partial charge < -0.3 is 30.6 Å². The summed E-state index contributed by atoms with van der Waals surface area (Å²) in [7, 11) is 0. The maximum Gasteiger partial charge on any atom is 0.321 e. The van der Waals surface area contributed by atoms with Crippen molar-refractivity contribution in [2.24, 2.45) is 17.6 Å². The van der Waals surface area contributed by atoms with E-state index in [1.807, 2.05) is 0 Å². The summed E-state index contributed by atoms with van der Waals surface area (Å²) >= 11 is 0. The molecule has 0 radical (unpaired) electrons. The number of imide groups is 1. The molecule has 324 valence electrons. The highest BCUT2D eigenvalue weighted by Gasteiger charge is 2.44. The Balaban J connectivity index is 0.580. The number of urea groups is 1. The fourth-order valence-electron chi connectivity index (χ4n) is 11.9. The molecule has 4 heterocycles. The molecule has 4 aliphatic heterocycles. The molecule has 4 bridgehead atoms. The topological polar surface area (TPSA) is 122 Å². The number of hydrogen-bond donors (Lipinski definition) is 3. The quantitative estimate of drug-likeness (QED) is 0.0772. The van der Waals surface area contributed by atoms with Crippen molar-refractivity contribution in [3.8, 4) is 0 Å². The van der Waals surface area contributed by atoms with E-state index in [0.29, 0.717) is 69.2 Å². The lowest BCUT2D eigenvalue weighted by Gasteiger charge is -2.35. The van der Waals surface area contributed by atoms with Crippen LogP contribution in [0, 0.1) is 11.8 Å². The summed E-state index contributed by atoms with van der Waals surface area (Å²) < 4.78 is 17.1. The van der Waals surface area contributed by atoms with Gasteiger partial charge in [-0.05, 0) is 150 Å². The monoisotopic (exact) mass is 813 g/mol. The number of ether oxygens (including phenoxy) is 3. The Morgan fingerprint density at radius 1 is 0.610 bits per heavy atom. The lowest BCUT2D eigenvalue weighted by atomic mass is 9.83. The molecule has 2 aromatic carbocycles. The molecule has 0 aromatic heterocycles. The SMILES string of the molecule is NC(=O)N(C(=O)CCOCCOCCOCCCNCNC1CCC(CCN2[C@@H]3CC[C@H]2c2ccccc23)CC1)C1CCC(CCN2[C@@H]3CC[C@H]2c2ccccc23)CC1. The van der Waals surface area contributed by atoms with Gasteiger partial charge in [-0.25, -0.2) is 4.79 Å². The number of rotatable bonds is 23. The molecule has 6 aliphatic rings. The highest BCUT2D eigenvalue weighted by molar-refractivity contribution is 5.94. The first-order valence-electron chi connectivity index (χ1n) is 23.5. The zero-order valence-corrected chi connectivity index (χ0v) is 35.6. The fraction of sp³-hybridized carbons (Fsp3) is 0.708. The van der Waals surface area contributed by atoms with Gasteiger partial charge in [0.15, 0.2) is 0 Å². The zero-order chi connectivity index (χ0) is 40.4. The Labute approximate surface area is 353 Å². The molecule has 0 unspecified atom stereocenters.